The van der Waals surface area contributed by atoms with Crippen LogP contribution in [0.4, 0.5) is 0 Å². The molecule has 0 amide bonds. The maximum atomic E-state index is 3.36. The molecule has 1 unspecified atom stereocenters. The van der Waals surface area contributed by atoms with E-state index < -0.39 is 0 Å². The minimum atomic E-state index is 0.663. The lowest BCUT2D eigenvalue weighted by Gasteiger charge is -2.24. The summed E-state index contributed by atoms with van der Waals surface area (Å²) in [5, 5.41) is 3.36. The van der Waals surface area contributed by atoms with Gasteiger partial charge < -0.3 is 10.2 Å². The molecule has 0 aliphatic heterocycles. The SMILES string of the molecule is CCCCN(C)C(C)CNCC. The summed E-state index contributed by atoms with van der Waals surface area (Å²) in [6.07, 6.45) is 2.60. The van der Waals surface area contributed by atoms with Crippen LogP contribution in [0.3, 0.4) is 0 Å². The Morgan fingerprint density at radius 3 is 2.50 bits per heavy atom. The molecule has 0 saturated heterocycles. The predicted molar refractivity (Wildman–Crippen MR) is 55.5 cm³/mol. The highest BCUT2D eigenvalue weighted by Gasteiger charge is 2.06. The van der Waals surface area contributed by atoms with Gasteiger partial charge in [-0.25, -0.2) is 0 Å². The average molecular weight is 172 g/mol. The molecule has 1 N–H and O–H groups in total. The number of nitrogens with one attached hydrogen (secondary N) is 1. The molecule has 0 aromatic heterocycles. The van der Waals surface area contributed by atoms with Crippen molar-refractivity contribution < 1.29 is 0 Å². The molecule has 2 heteroatoms. The molecular formula is C10H24N2. The first kappa shape index (κ1) is 11.9. The highest BCUT2D eigenvalue weighted by atomic mass is 15.1. The van der Waals surface area contributed by atoms with E-state index in [-0.39, 0.29) is 0 Å². The molecule has 0 radical (unpaired) electrons. The predicted octanol–water partition coefficient (Wildman–Crippen LogP) is 1.72. The topological polar surface area (TPSA) is 15.3 Å². The van der Waals surface area contributed by atoms with E-state index in [1.165, 1.54) is 19.4 Å². The van der Waals surface area contributed by atoms with E-state index in [9.17, 15) is 0 Å². The van der Waals surface area contributed by atoms with Crippen LogP contribution in [0.1, 0.15) is 33.6 Å². The van der Waals surface area contributed by atoms with E-state index in [1.54, 1.807) is 0 Å². The van der Waals surface area contributed by atoms with Gasteiger partial charge in [0.05, 0.1) is 0 Å². The summed E-state index contributed by atoms with van der Waals surface area (Å²) >= 11 is 0. The van der Waals surface area contributed by atoms with Crippen LogP contribution in [0.15, 0.2) is 0 Å². The largest absolute Gasteiger partial charge is 0.315 e. The van der Waals surface area contributed by atoms with Gasteiger partial charge in [0.25, 0.3) is 0 Å². The van der Waals surface area contributed by atoms with Crippen LogP contribution in [-0.2, 0) is 0 Å². The Labute approximate surface area is 77.3 Å². The summed E-state index contributed by atoms with van der Waals surface area (Å²) in [6, 6.07) is 0.663. The third-order valence-electron chi connectivity index (χ3n) is 2.31. The molecule has 0 saturated carbocycles. The highest BCUT2D eigenvalue weighted by Crippen LogP contribution is 1.97. The lowest BCUT2D eigenvalue weighted by Crippen LogP contribution is -2.38. The summed E-state index contributed by atoms with van der Waals surface area (Å²) in [5.41, 5.74) is 0. The zero-order chi connectivity index (χ0) is 9.40. The normalized spacial score (nSPS) is 13.8. The summed E-state index contributed by atoms with van der Waals surface area (Å²) in [5.74, 6) is 0. The van der Waals surface area contributed by atoms with E-state index in [0.29, 0.717) is 6.04 Å². The van der Waals surface area contributed by atoms with Crippen molar-refractivity contribution in [3.8, 4) is 0 Å². The van der Waals surface area contributed by atoms with Crippen molar-refractivity contribution in [3.63, 3.8) is 0 Å². The molecular weight excluding hydrogens is 148 g/mol. The van der Waals surface area contributed by atoms with Gasteiger partial charge in [-0.05, 0) is 33.5 Å². The van der Waals surface area contributed by atoms with E-state index in [0.717, 1.165) is 13.1 Å². The van der Waals surface area contributed by atoms with Crippen molar-refractivity contribution in [1.82, 2.24) is 10.2 Å². The smallest absolute Gasteiger partial charge is 0.0189 e. The van der Waals surface area contributed by atoms with E-state index >= 15 is 0 Å². The fraction of sp³-hybridized carbons (Fsp3) is 1.00. The second-order valence-corrected chi connectivity index (χ2v) is 3.49. The van der Waals surface area contributed by atoms with Crippen molar-refractivity contribution in [2.45, 2.75) is 39.7 Å². The van der Waals surface area contributed by atoms with Gasteiger partial charge in [0.1, 0.15) is 0 Å². The fourth-order valence-corrected chi connectivity index (χ4v) is 1.14. The lowest BCUT2D eigenvalue weighted by molar-refractivity contribution is 0.248. The molecule has 1 atom stereocenters. The van der Waals surface area contributed by atoms with Gasteiger partial charge in [-0.1, -0.05) is 20.3 Å². The van der Waals surface area contributed by atoms with Gasteiger partial charge in [0.15, 0.2) is 0 Å². The quantitative estimate of drug-likeness (QED) is 0.629. The number of rotatable bonds is 7. The summed E-state index contributed by atoms with van der Waals surface area (Å²) < 4.78 is 0. The van der Waals surface area contributed by atoms with Gasteiger partial charge in [-0.3, -0.25) is 0 Å². The Morgan fingerprint density at radius 2 is 2.00 bits per heavy atom. The number of hydrogen-bond acceptors (Lipinski definition) is 2. The van der Waals surface area contributed by atoms with Gasteiger partial charge in [-0.15, -0.1) is 0 Å². The van der Waals surface area contributed by atoms with Gasteiger partial charge in [0.2, 0.25) is 0 Å². The first-order valence-corrected chi connectivity index (χ1v) is 5.13. The van der Waals surface area contributed by atoms with Crippen molar-refractivity contribution in [2.24, 2.45) is 0 Å². The maximum Gasteiger partial charge on any atom is 0.0189 e. The molecule has 0 aliphatic rings. The molecule has 0 aromatic rings. The molecule has 0 spiro atoms. The van der Waals surface area contributed by atoms with Gasteiger partial charge in [0, 0.05) is 12.6 Å². The second-order valence-electron chi connectivity index (χ2n) is 3.49. The monoisotopic (exact) mass is 172 g/mol. The van der Waals surface area contributed by atoms with E-state index in [1.807, 2.05) is 0 Å². The van der Waals surface area contributed by atoms with Crippen molar-refractivity contribution >= 4 is 0 Å². The maximum absolute atomic E-state index is 3.36. The molecule has 12 heavy (non-hydrogen) atoms. The first-order valence-electron chi connectivity index (χ1n) is 5.13. The van der Waals surface area contributed by atoms with Crippen LogP contribution < -0.4 is 5.32 Å². The third kappa shape index (κ3) is 5.56. The lowest BCUT2D eigenvalue weighted by atomic mass is 10.2. The number of unbranched alkanes of at least 4 members (excludes halogenated alkanes) is 1. The van der Waals surface area contributed by atoms with Gasteiger partial charge >= 0.3 is 0 Å². The molecule has 0 rings (SSSR count). The van der Waals surface area contributed by atoms with Crippen LogP contribution in [0.5, 0.6) is 0 Å². The van der Waals surface area contributed by atoms with Gasteiger partial charge in [-0.2, -0.15) is 0 Å². The summed E-state index contributed by atoms with van der Waals surface area (Å²) in [7, 11) is 2.21. The van der Waals surface area contributed by atoms with E-state index in [2.05, 4.69) is 38.0 Å². The first-order chi connectivity index (χ1) is 5.72. The molecule has 0 aromatic carbocycles. The molecule has 0 bridgehead atoms. The Balaban J connectivity index is 3.39. The second kappa shape index (κ2) is 7.56. The number of likely N-dealkylation sites (N-methyl/N-ethyl adjacent to an activating group) is 2. The minimum absolute atomic E-state index is 0.663. The van der Waals surface area contributed by atoms with Crippen molar-refractivity contribution in [3.05, 3.63) is 0 Å². The standard InChI is InChI=1S/C10H24N2/c1-5-7-8-12(4)10(3)9-11-6-2/h10-11H,5-9H2,1-4H3. The summed E-state index contributed by atoms with van der Waals surface area (Å²) in [6.45, 7) is 10.1. The van der Waals surface area contributed by atoms with Crippen LogP contribution in [-0.4, -0.2) is 37.6 Å². The fourth-order valence-electron chi connectivity index (χ4n) is 1.14. The molecule has 0 fully saturated rings. The van der Waals surface area contributed by atoms with Crippen LogP contribution in [0.25, 0.3) is 0 Å². The van der Waals surface area contributed by atoms with Crippen molar-refractivity contribution in [1.29, 1.82) is 0 Å². The minimum Gasteiger partial charge on any atom is -0.315 e. The molecule has 0 aliphatic carbocycles. The van der Waals surface area contributed by atoms with Crippen LogP contribution >= 0.6 is 0 Å². The van der Waals surface area contributed by atoms with Crippen LogP contribution in [0, 0.1) is 0 Å². The third-order valence-corrected chi connectivity index (χ3v) is 2.31. The molecule has 2 nitrogen and oxygen atoms in total. The van der Waals surface area contributed by atoms with E-state index in [4.69, 9.17) is 0 Å². The molecule has 0 heterocycles. The summed E-state index contributed by atoms with van der Waals surface area (Å²) in [4.78, 5) is 2.42. The Bertz CT molecular complexity index is 81.8. The highest BCUT2D eigenvalue weighted by molar-refractivity contribution is 4.65. The number of nitrogens with zero attached hydrogens (tertiary/aromatic N) is 1. The zero-order valence-electron chi connectivity index (χ0n) is 9.06. The molecule has 74 valence electrons. The Hall–Kier alpha value is -0.0800. The zero-order valence-corrected chi connectivity index (χ0v) is 9.06. The number of hydrogen-bond donors (Lipinski definition) is 1. The van der Waals surface area contributed by atoms with Crippen molar-refractivity contribution in [2.75, 3.05) is 26.7 Å². The average Bonchev–Trinajstić information content (AvgIpc) is 2.10. The Kier molecular flexibility index (Phi) is 7.51. The Morgan fingerprint density at radius 1 is 1.33 bits per heavy atom. The van der Waals surface area contributed by atoms with Crippen LogP contribution in [0.2, 0.25) is 0 Å².